The number of likely N-dealkylation sites (tertiary alicyclic amines) is 1. The lowest BCUT2D eigenvalue weighted by Crippen LogP contribution is -2.37. The number of furan rings is 1. The van der Waals surface area contributed by atoms with Gasteiger partial charge in [0.2, 0.25) is 5.91 Å². The number of amides is 1. The smallest absolute Gasteiger partial charge is 0.262 e. The second-order valence-electron chi connectivity index (χ2n) is 9.41. The lowest BCUT2D eigenvalue weighted by molar-refractivity contribution is -0.122. The van der Waals surface area contributed by atoms with Gasteiger partial charge in [-0.2, -0.15) is 0 Å². The van der Waals surface area contributed by atoms with Gasteiger partial charge in [-0.1, -0.05) is 12.1 Å². The van der Waals surface area contributed by atoms with Crippen molar-refractivity contribution in [2.75, 3.05) is 20.2 Å². The molecule has 8 heteroatoms. The van der Waals surface area contributed by atoms with E-state index < -0.39 is 0 Å². The zero-order valence-electron chi connectivity index (χ0n) is 20.8. The average molecular weight is 487 g/mol. The maximum atomic E-state index is 13.8. The standard InChI is InChI=1S/C28H30N4O4/c1-18(2)29-26(33)17-32-27(20-6-4-7-21(14-20)35-3)30-24-10-8-19(15-23(24)28(32)34)25-11-9-22(36-25)16-31-12-5-13-31/h4,6-11,14-15,18H,5,12-13,16-17H2,1-3H3,(H,29,33). The van der Waals surface area contributed by atoms with Gasteiger partial charge in [0.05, 0.1) is 24.6 Å². The lowest BCUT2D eigenvalue weighted by atomic mass is 10.1. The molecule has 0 radical (unpaired) electrons. The molecule has 1 aliphatic rings. The van der Waals surface area contributed by atoms with Crippen LogP contribution in [-0.4, -0.2) is 46.6 Å². The van der Waals surface area contributed by atoms with Crippen molar-refractivity contribution < 1.29 is 13.9 Å². The molecule has 1 N–H and O–H groups in total. The molecule has 1 saturated heterocycles. The molecule has 3 heterocycles. The van der Waals surface area contributed by atoms with Crippen LogP contribution in [0.25, 0.3) is 33.6 Å². The van der Waals surface area contributed by atoms with Crippen LogP contribution in [0, 0.1) is 0 Å². The monoisotopic (exact) mass is 486 g/mol. The van der Waals surface area contributed by atoms with E-state index in [-0.39, 0.29) is 24.1 Å². The fraction of sp³-hybridized carbons (Fsp3) is 0.321. The van der Waals surface area contributed by atoms with Gasteiger partial charge < -0.3 is 14.5 Å². The molecule has 1 fully saturated rings. The fourth-order valence-corrected chi connectivity index (χ4v) is 4.39. The minimum Gasteiger partial charge on any atom is -0.497 e. The third-order valence-corrected chi connectivity index (χ3v) is 6.31. The summed E-state index contributed by atoms with van der Waals surface area (Å²) in [4.78, 5) is 33.6. The second-order valence-corrected chi connectivity index (χ2v) is 9.41. The van der Waals surface area contributed by atoms with Crippen LogP contribution in [0.3, 0.4) is 0 Å². The third kappa shape index (κ3) is 4.90. The Morgan fingerprint density at radius 1 is 1.11 bits per heavy atom. The second kappa shape index (κ2) is 9.99. The number of methoxy groups -OCH3 is 1. The summed E-state index contributed by atoms with van der Waals surface area (Å²) in [5, 5.41) is 3.29. The Kier molecular flexibility index (Phi) is 6.61. The van der Waals surface area contributed by atoms with Crippen LogP contribution >= 0.6 is 0 Å². The summed E-state index contributed by atoms with van der Waals surface area (Å²) < 4.78 is 12.9. The van der Waals surface area contributed by atoms with Gasteiger partial charge in [-0.3, -0.25) is 19.1 Å². The van der Waals surface area contributed by atoms with Crippen molar-refractivity contribution in [2.24, 2.45) is 0 Å². The van der Waals surface area contributed by atoms with Gasteiger partial charge in [-0.15, -0.1) is 0 Å². The van der Waals surface area contributed by atoms with Crippen molar-refractivity contribution in [3.05, 3.63) is 70.7 Å². The molecule has 0 bridgehead atoms. The molecule has 4 aromatic rings. The predicted octanol–water partition coefficient (Wildman–Crippen LogP) is 4.06. The maximum absolute atomic E-state index is 13.8. The number of fused-ring (bicyclic) bond motifs is 1. The van der Waals surface area contributed by atoms with Crippen molar-refractivity contribution in [1.29, 1.82) is 0 Å². The minimum atomic E-state index is -0.286. The number of benzene rings is 2. The topological polar surface area (TPSA) is 89.6 Å². The van der Waals surface area contributed by atoms with Gasteiger partial charge in [0, 0.05) is 17.2 Å². The Morgan fingerprint density at radius 3 is 2.67 bits per heavy atom. The molecule has 2 aromatic carbocycles. The van der Waals surface area contributed by atoms with Crippen LogP contribution < -0.4 is 15.6 Å². The number of nitrogens with one attached hydrogen (secondary N) is 1. The minimum absolute atomic E-state index is 0.0436. The first-order valence-electron chi connectivity index (χ1n) is 12.2. The molecule has 0 saturated carbocycles. The Morgan fingerprint density at radius 2 is 1.94 bits per heavy atom. The van der Waals surface area contributed by atoms with Crippen molar-refractivity contribution in [2.45, 2.75) is 39.4 Å². The van der Waals surface area contributed by atoms with Crippen LogP contribution in [-0.2, 0) is 17.9 Å². The van der Waals surface area contributed by atoms with Crippen molar-refractivity contribution in [3.8, 4) is 28.5 Å². The average Bonchev–Trinajstić information content (AvgIpc) is 3.31. The number of hydrogen-bond donors (Lipinski definition) is 1. The van der Waals surface area contributed by atoms with Crippen LogP contribution in [0.2, 0.25) is 0 Å². The molecule has 2 aromatic heterocycles. The fourth-order valence-electron chi connectivity index (χ4n) is 4.39. The summed E-state index contributed by atoms with van der Waals surface area (Å²) in [6.45, 7) is 6.60. The predicted molar refractivity (Wildman–Crippen MR) is 139 cm³/mol. The number of carbonyl (C=O) groups excluding carboxylic acids is 1. The third-order valence-electron chi connectivity index (χ3n) is 6.31. The largest absolute Gasteiger partial charge is 0.497 e. The van der Waals surface area contributed by atoms with Gasteiger partial charge in [-0.05, 0) is 75.8 Å². The van der Waals surface area contributed by atoms with E-state index in [0.717, 1.165) is 31.0 Å². The van der Waals surface area contributed by atoms with E-state index in [1.807, 2.05) is 56.3 Å². The summed E-state index contributed by atoms with van der Waals surface area (Å²) in [6, 6.07) is 16.7. The number of nitrogens with zero attached hydrogens (tertiary/aromatic N) is 3. The van der Waals surface area contributed by atoms with E-state index in [0.29, 0.717) is 33.8 Å². The molecule has 1 amide bonds. The van der Waals surface area contributed by atoms with Crippen molar-refractivity contribution in [1.82, 2.24) is 19.8 Å². The number of hydrogen-bond acceptors (Lipinski definition) is 6. The number of aromatic nitrogens is 2. The van der Waals surface area contributed by atoms with Crippen LogP contribution in [0.1, 0.15) is 26.0 Å². The highest BCUT2D eigenvalue weighted by molar-refractivity contribution is 5.85. The molecular formula is C28H30N4O4. The molecule has 8 nitrogen and oxygen atoms in total. The van der Waals surface area contributed by atoms with Crippen LogP contribution in [0.15, 0.2) is 63.8 Å². The Labute approximate surface area is 209 Å². The summed E-state index contributed by atoms with van der Waals surface area (Å²) in [5.74, 6) is 2.40. The number of ether oxygens (including phenoxy) is 1. The van der Waals surface area contributed by atoms with E-state index in [2.05, 4.69) is 10.2 Å². The molecule has 0 spiro atoms. The van der Waals surface area contributed by atoms with Gasteiger partial charge in [0.1, 0.15) is 29.6 Å². The van der Waals surface area contributed by atoms with Gasteiger partial charge in [-0.25, -0.2) is 4.98 Å². The Bertz CT molecular complexity index is 1470. The van der Waals surface area contributed by atoms with E-state index in [1.165, 1.54) is 11.0 Å². The highest BCUT2D eigenvalue weighted by Gasteiger charge is 2.19. The SMILES string of the molecule is COc1cccc(-c2nc3ccc(-c4ccc(CN5CCC5)o4)cc3c(=O)n2CC(=O)NC(C)C)c1. The van der Waals surface area contributed by atoms with Crippen molar-refractivity contribution in [3.63, 3.8) is 0 Å². The normalized spacial score (nSPS) is 13.7. The van der Waals surface area contributed by atoms with Crippen LogP contribution in [0.5, 0.6) is 5.75 Å². The number of rotatable bonds is 8. The first-order valence-corrected chi connectivity index (χ1v) is 12.2. The lowest BCUT2D eigenvalue weighted by Gasteiger charge is -2.29. The maximum Gasteiger partial charge on any atom is 0.262 e. The van der Waals surface area contributed by atoms with E-state index in [4.69, 9.17) is 14.1 Å². The zero-order chi connectivity index (χ0) is 25.2. The molecule has 1 aliphatic heterocycles. The molecule has 0 atom stereocenters. The summed E-state index contributed by atoms with van der Waals surface area (Å²) >= 11 is 0. The molecule has 0 unspecified atom stereocenters. The number of carbonyl (C=O) groups is 1. The highest BCUT2D eigenvalue weighted by Crippen LogP contribution is 2.28. The van der Waals surface area contributed by atoms with Crippen molar-refractivity contribution >= 4 is 16.8 Å². The summed E-state index contributed by atoms with van der Waals surface area (Å²) in [7, 11) is 1.58. The molecule has 0 aliphatic carbocycles. The summed E-state index contributed by atoms with van der Waals surface area (Å²) in [5.41, 5.74) is 1.75. The Balaban J connectivity index is 1.58. The molecule has 36 heavy (non-hydrogen) atoms. The molecule has 186 valence electrons. The van der Waals surface area contributed by atoms with Gasteiger partial charge >= 0.3 is 0 Å². The molecule has 5 rings (SSSR count). The van der Waals surface area contributed by atoms with E-state index in [9.17, 15) is 9.59 Å². The van der Waals surface area contributed by atoms with Gasteiger partial charge in [0.15, 0.2) is 0 Å². The highest BCUT2D eigenvalue weighted by atomic mass is 16.5. The Hall–Kier alpha value is -3.91. The zero-order valence-corrected chi connectivity index (χ0v) is 20.8. The first kappa shape index (κ1) is 23.8. The van der Waals surface area contributed by atoms with Crippen LogP contribution in [0.4, 0.5) is 0 Å². The quantitative estimate of drug-likeness (QED) is 0.404. The summed E-state index contributed by atoms with van der Waals surface area (Å²) in [6.07, 6.45) is 1.23. The van der Waals surface area contributed by atoms with E-state index >= 15 is 0 Å². The van der Waals surface area contributed by atoms with E-state index in [1.54, 1.807) is 19.2 Å². The van der Waals surface area contributed by atoms with Gasteiger partial charge in [0.25, 0.3) is 5.56 Å². The first-order chi connectivity index (χ1) is 17.4. The molecular weight excluding hydrogens is 456 g/mol.